The summed E-state index contributed by atoms with van der Waals surface area (Å²) in [5, 5.41) is 0.422. The van der Waals surface area contributed by atoms with E-state index in [2.05, 4.69) is 9.97 Å². The van der Waals surface area contributed by atoms with E-state index in [9.17, 15) is 8.78 Å². The molecule has 0 N–H and O–H groups in total. The molecule has 0 fully saturated rings. The van der Waals surface area contributed by atoms with E-state index in [1.54, 1.807) is 0 Å². The van der Waals surface area contributed by atoms with Crippen LogP contribution in [-0.2, 0) is 0 Å². The molecule has 0 saturated carbocycles. The molecule has 0 saturated heterocycles. The largest absolute Gasteiger partial charge is 0.484 e. The average Bonchev–Trinajstić information content (AvgIpc) is 2.60. The molecule has 0 aliphatic rings. The minimum Gasteiger partial charge on any atom is -0.484 e. The summed E-state index contributed by atoms with van der Waals surface area (Å²) in [6.07, 6.45) is 2.49. The molecule has 6 heteroatoms. The van der Waals surface area contributed by atoms with Crippen molar-refractivity contribution in [3.05, 3.63) is 30.2 Å². The number of aromatic nitrogens is 2. The summed E-state index contributed by atoms with van der Waals surface area (Å²) in [5.41, 5.74) is 0.433. The topological polar surface area (TPSA) is 35.0 Å². The van der Waals surface area contributed by atoms with Crippen molar-refractivity contribution in [2.24, 2.45) is 0 Å². The predicted octanol–water partition coefficient (Wildman–Crippen LogP) is 2.49. The van der Waals surface area contributed by atoms with Crippen LogP contribution in [0.25, 0.3) is 10.6 Å². The first-order valence-corrected chi connectivity index (χ1v) is 4.83. The van der Waals surface area contributed by atoms with Crippen molar-refractivity contribution in [3.8, 4) is 15.6 Å². The molecule has 0 unspecified atom stereocenters. The normalized spacial score (nSPS) is 10.3. The molecule has 2 heterocycles. The van der Waals surface area contributed by atoms with Crippen LogP contribution in [0.4, 0.5) is 8.78 Å². The number of hydrogen-bond acceptors (Lipinski definition) is 4. The third-order valence-corrected chi connectivity index (χ3v) is 2.74. The summed E-state index contributed by atoms with van der Waals surface area (Å²) in [5.74, 6) is -1.18. The van der Waals surface area contributed by atoms with Crippen LogP contribution >= 0.6 is 11.3 Å². The Morgan fingerprint density at radius 1 is 1.33 bits per heavy atom. The van der Waals surface area contributed by atoms with E-state index in [4.69, 9.17) is 4.74 Å². The lowest BCUT2D eigenvalue weighted by Gasteiger charge is -1.93. The molecule has 0 radical (unpaired) electrons. The van der Waals surface area contributed by atoms with Crippen molar-refractivity contribution < 1.29 is 13.5 Å². The third-order valence-electron chi connectivity index (χ3n) is 1.69. The van der Waals surface area contributed by atoms with E-state index in [-0.39, 0.29) is 5.06 Å². The van der Waals surface area contributed by atoms with Crippen LogP contribution in [0, 0.1) is 11.8 Å². The molecule has 0 bridgehead atoms. The predicted molar refractivity (Wildman–Crippen MR) is 51.8 cm³/mol. The van der Waals surface area contributed by atoms with Gasteiger partial charge in [-0.15, -0.1) is 0 Å². The maximum absolute atomic E-state index is 13.1. The minimum atomic E-state index is -0.693. The van der Waals surface area contributed by atoms with Gasteiger partial charge in [-0.25, -0.2) is 9.37 Å². The number of methoxy groups -OCH3 is 1. The van der Waals surface area contributed by atoms with Gasteiger partial charge in [0.1, 0.15) is 10.8 Å². The van der Waals surface area contributed by atoms with Gasteiger partial charge in [-0.3, -0.25) is 4.98 Å². The van der Waals surface area contributed by atoms with Gasteiger partial charge in [-0.05, 0) is 6.07 Å². The van der Waals surface area contributed by atoms with Gasteiger partial charge >= 0.3 is 0 Å². The first-order chi connectivity index (χ1) is 7.20. The molecule has 0 amide bonds. The second-order valence-electron chi connectivity index (χ2n) is 2.69. The van der Waals surface area contributed by atoms with E-state index in [1.807, 2.05) is 0 Å². The van der Waals surface area contributed by atoms with Gasteiger partial charge in [0.05, 0.1) is 13.3 Å². The van der Waals surface area contributed by atoms with Gasteiger partial charge in [0.2, 0.25) is 5.06 Å². The van der Waals surface area contributed by atoms with Crippen LogP contribution in [0.15, 0.2) is 18.5 Å². The van der Waals surface area contributed by atoms with Gasteiger partial charge in [0.15, 0.2) is 0 Å². The van der Waals surface area contributed by atoms with Crippen LogP contribution in [0.1, 0.15) is 0 Å². The minimum absolute atomic E-state index is 0.0780. The second kappa shape index (κ2) is 3.90. The number of halogens is 2. The highest BCUT2D eigenvalue weighted by Crippen LogP contribution is 2.32. The monoisotopic (exact) mass is 228 g/mol. The number of hydrogen-bond donors (Lipinski definition) is 0. The van der Waals surface area contributed by atoms with Crippen LogP contribution in [0.5, 0.6) is 5.06 Å². The zero-order chi connectivity index (χ0) is 10.8. The Kier molecular flexibility index (Phi) is 2.59. The highest BCUT2D eigenvalue weighted by molar-refractivity contribution is 7.16. The molecular weight excluding hydrogens is 222 g/mol. The van der Waals surface area contributed by atoms with Crippen molar-refractivity contribution >= 4 is 11.3 Å². The maximum atomic E-state index is 13.1. The lowest BCUT2D eigenvalue weighted by atomic mass is 10.3. The zero-order valence-electron chi connectivity index (χ0n) is 7.70. The van der Waals surface area contributed by atoms with Crippen molar-refractivity contribution in [2.75, 3.05) is 7.11 Å². The van der Waals surface area contributed by atoms with Gasteiger partial charge in [0.25, 0.3) is 5.95 Å². The van der Waals surface area contributed by atoms with Gasteiger partial charge in [-0.1, -0.05) is 11.3 Å². The first kappa shape index (κ1) is 9.97. The number of rotatable bonds is 2. The quantitative estimate of drug-likeness (QED) is 0.792. The lowest BCUT2D eigenvalue weighted by molar-refractivity contribution is 0.393. The highest BCUT2D eigenvalue weighted by Gasteiger charge is 2.13. The Bertz CT molecular complexity index is 487. The summed E-state index contributed by atoms with van der Waals surface area (Å²) in [4.78, 5) is 7.27. The Balaban J connectivity index is 2.45. The first-order valence-electron chi connectivity index (χ1n) is 4.02. The van der Waals surface area contributed by atoms with Crippen molar-refractivity contribution in [1.29, 1.82) is 0 Å². The molecule has 2 aromatic heterocycles. The van der Waals surface area contributed by atoms with Crippen LogP contribution in [-0.4, -0.2) is 17.1 Å². The molecule has 0 atom stereocenters. The lowest BCUT2D eigenvalue weighted by Crippen LogP contribution is -1.83. The highest BCUT2D eigenvalue weighted by atomic mass is 32.1. The summed E-state index contributed by atoms with van der Waals surface area (Å²) in [7, 11) is 1.35. The van der Waals surface area contributed by atoms with Gasteiger partial charge in [-0.2, -0.15) is 4.39 Å². The molecule has 78 valence electrons. The van der Waals surface area contributed by atoms with Crippen LogP contribution in [0.2, 0.25) is 0 Å². The Hall–Kier alpha value is -1.56. The molecule has 0 aliphatic carbocycles. The number of thiazole rings is 1. The van der Waals surface area contributed by atoms with E-state index < -0.39 is 11.8 Å². The van der Waals surface area contributed by atoms with Crippen LogP contribution in [0.3, 0.4) is 0 Å². The molecule has 0 spiro atoms. The molecular formula is C9H6F2N2OS. The van der Waals surface area contributed by atoms with Crippen molar-refractivity contribution in [2.45, 2.75) is 0 Å². The average molecular weight is 228 g/mol. The molecule has 2 aromatic rings. The summed E-state index contributed by atoms with van der Waals surface area (Å²) >= 11 is 1.01. The Labute approximate surface area is 88.4 Å². The zero-order valence-corrected chi connectivity index (χ0v) is 8.52. The summed E-state index contributed by atoms with van der Waals surface area (Å²) in [6, 6.07) is 1.24. The van der Waals surface area contributed by atoms with Crippen molar-refractivity contribution in [3.63, 3.8) is 0 Å². The standard InChI is InChI=1S/C9H6F2N2OS/c1-14-9-7(11)13-8(15-9)5-2-6(10)4-12-3-5/h2-4H,1H3. The van der Waals surface area contributed by atoms with E-state index in [0.717, 1.165) is 17.5 Å². The Morgan fingerprint density at radius 3 is 2.73 bits per heavy atom. The summed E-state index contributed by atoms with van der Waals surface area (Å²) in [6.45, 7) is 0. The SMILES string of the molecule is COc1sc(-c2cncc(F)c2)nc1F. The fourth-order valence-electron chi connectivity index (χ4n) is 1.07. The Morgan fingerprint density at radius 2 is 2.13 bits per heavy atom. The molecule has 0 aliphatic heterocycles. The molecule has 3 nitrogen and oxygen atoms in total. The van der Waals surface area contributed by atoms with Gasteiger partial charge < -0.3 is 4.74 Å². The van der Waals surface area contributed by atoms with E-state index >= 15 is 0 Å². The fourth-order valence-corrected chi connectivity index (χ4v) is 1.81. The van der Waals surface area contributed by atoms with Crippen LogP contribution < -0.4 is 4.74 Å². The third kappa shape index (κ3) is 1.94. The number of pyridine rings is 1. The van der Waals surface area contributed by atoms with E-state index in [1.165, 1.54) is 19.4 Å². The molecule has 15 heavy (non-hydrogen) atoms. The molecule has 0 aromatic carbocycles. The molecule has 2 rings (SSSR count). The number of ether oxygens (including phenoxy) is 1. The van der Waals surface area contributed by atoms with E-state index in [0.29, 0.717) is 10.6 Å². The maximum Gasteiger partial charge on any atom is 0.267 e. The fraction of sp³-hybridized carbons (Fsp3) is 0.111. The number of nitrogens with zero attached hydrogens (tertiary/aromatic N) is 2. The second-order valence-corrected chi connectivity index (χ2v) is 3.65. The smallest absolute Gasteiger partial charge is 0.267 e. The van der Waals surface area contributed by atoms with Gasteiger partial charge in [0, 0.05) is 11.8 Å². The summed E-state index contributed by atoms with van der Waals surface area (Å²) < 4.78 is 30.6. The van der Waals surface area contributed by atoms with Crippen molar-refractivity contribution in [1.82, 2.24) is 9.97 Å².